The van der Waals surface area contributed by atoms with Crippen LogP contribution in [0.2, 0.25) is 0 Å². The van der Waals surface area contributed by atoms with Crippen LogP contribution in [0.15, 0.2) is 58.4 Å². The molecule has 4 aromatic rings. The molecule has 0 saturated carbocycles. The van der Waals surface area contributed by atoms with Gasteiger partial charge in [-0.15, -0.1) is 16.4 Å². The summed E-state index contributed by atoms with van der Waals surface area (Å²) >= 11 is 5.03. The zero-order valence-electron chi connectivity index (χ0n) is 14.2. The Morgan fingerprint density at radius 1 is 1.12 bits per heavy atom. The Balaban J connectivity index is 1.69. The maximum atomic E-state index is 5.29. The van der Waals surface area contributed by atoms with Gasteiger partial charge in [-0.05, 0) is 31.2 Å². The van der Waals surface area contributed by atoms with E-state index in [1.165, 1.54) is 0 Å². The number of hydrogen-bond acceptors (Lipinski definition) is 5. The van der Waals surface area contributed by atoms with Crippen molar-refractivity contribution in [2.75, 3.05) is 7.11 Å². The number of rotatable bonds is 4. The summed E-state index contributed by atoms with van der Waals surface area (Å²) < 4.78 is 8.15. The molecule has 2 aromatic carbocycles. The molecule has 7 heteroatoms. The number of methoxy groups -OCH3 is 1. The third-order valence-electron chi connectivity index (χ3n) is 4.04. The van der Waals surface area contributed by atoms with E-state index in [9.17, 15) is 0 Å². The minimum atomic E-state index is 0.783. The highest BCUT2D eigenvalue weighted by molar-refractivity contribution is 9.10. The second kappa shape index (κ2) is 7.01. The molecule has 4 rings (SSSR count). The zero-order chi connectivity index (χ0) is 18.1. The average Bonchev–Trinajstić information content (AvgIpc) is 3.29. The van der Waals surface area contributed by atoms with Crippen molar-refractivity contribution in [3.63, 3.8) is 0 Å². The topological polar surface area (TPSA) is 52.8 Å². The summed E-state index contributed by atoms with van der Waals surface area (Å²) in [5.41, 5.74) is 4.66. The Kier molecular flexibility index (Phi) is 4.57. The number of nitrogens with zero attached hydrogens (tertiary/aromatic N) is 4. The van der Waals surface area contributed by atoms with Gasteiger partial charge in [0.25, 0.3) is 0 Å². The van der Waals surface area contributed by atoms with Crippen LogP contribution in [-0.4, -0.2) is 27.1 Å². The van der Waals surface area contributed by atoms with E-state index in [2.05, 4.69) is 26.2 Å². The fourth-order valence-corrected chi connectivity index (χ4v) is 3.78. The van der Waals surface area contributed by atoms with Gasteiger partial charge < -0.3 is 4.74 Å². The van der Waals surface area contributed by atoms with E-state index in [1.807, 2.05) is 60.8 Å². The monoisotopic (exact) mass is 426 g/mol. The molecule has 0 amide bonds. The Bertz CT molecular complexity index is 1060. The molecule has 0 N–H and O–H groups in total. The number of thiazole rings is 1. The molecular formula is C19H15BrN4OS. The lowest BCUT2D eigenvalue weighted by atomic mass is 10.2. The quantitative estimate of drug-likeness (QED) is 0.453. The molecule has 26 heavy (non-hydrogen) atoms. The molecule has 0 aliphatic rings. The van der Waals surface area contributed by atoms with Crippen LogP contribution >= 0.6 is 27.3 Å². The number of ether oxygens (including phenoxy) is 1. The first-order valence-corrected chi connectivity index (χ1v) is 9.61. The van der Waals surface area contributed by atoms with Crippen molar-refractivity contribution in [2.45, 2.75) is 6.92 Å². The molecule has 0 aliphatic carbocycles. The fourth-order valence-electron chi connectivity index (χ4n) is 2.65. The smallest absolute Gasteiger partial charge is 0.146 e. The largest absolute Gasteiger partial charge is 0.497 e. The molecule has 0 bridgehead atoms. The summed E-state index contributed by atoms with van der Waals surface area (Å²) in [6.45, 7) is 2.00. The van der Waals surface area contributed by atoms with Crippen molar-refractivity contribution < 1.29 is 4.74 Å². The van der Waals surface area contributed by atoms with Gasteiger partial charge in [-0.3, -0.25) is 0 Å². The van der Waals surface area contributed by atoms with Crippen LogP contribution in [0.25, 0.3) is 27.6 Å². The van der Waals surface area contributed by atoms with Crippen LogP contribution < -0.4 is 4.74 Å². The number of benzene rings is 2. The van der Waals surface area contributed by atoms with Crippen molar-refractivity contribution in [1.29, 1.82) is 0 Å². The Morgan fingerprint density at radius 2 is 1.92 bits per heavy atom. The van der Waals surface area contributed by atoms with Crippen LogP contribution in [0, 0.1) is 6.92 Å². The van der Waals surface area contributed by atoms with Crippen molar-refractivity contribution in [3.8, 4) is 33.4 Å². The summed E-state index contributed by atoms with van der Waals surface area (Å²) in [7, 11) is 1.65. The summed E-state index contributed by atoms with van der Waals surface area (Å²) in [5.74, 6) is 0.783. The van der Waals surface area contributed by atoms with E-state index in [0.717, 1.165) is 43.6 Å². The minimum Gasteiger partial charge on any atom is -0.497 e. The normalized spacial score (nSPS) is 10.9. The van der Waals surface area contributed by atoms with E-state index in [-0.39, 0.29) is 0 Å². The maximum Gasteiger partial charge on any atom is 0.146 e. The van der Waals surface area contributed by atoms with E-state index < -0.39 is 0 Å². The summed E-state index contributed by atoms with van der Waals surface area (Å²) in [6.07, 6.45) is 0. The molecule has 0 saturated heterocycles. The zero-order valence-corrected chi connectivity index (χ0v) is 16.6. The van der Waals surface area contributed by atoms with Gasteiger partial charge in [-0.2, -0.15) is 0 Å². The van der Waals surface area contributed by atoms with Crippen molar-refractivity contribution >= 4 is 27.3 Å². The highest BCUT2D eigenvalue weighted by atomic mass is 79.9. The molecule has 5 nitrogen and oxygen atoms in total. The summed E-state index contributed by atoms with van der Waals surface area (Å²) in [5, 5.41) is 11.6. The lowest BCUT2D eigenvalue weighted by Crippen LogP contribution is -1.99. The molecule has 2 heterocycles. The molecule has 2 aromatic heterocycles. The first-order valence-electron chi connectivity index (χ1n) is 7.94. The number of halogens is 1. The molecular weight excluding hydrogens is 412 g/mol. The average molecular weight is 427 g/mol. The predicted octanol–water partition coefficient (Wildman–Crippen LogP) is 5.14. The molecule has 130 valence electrons. The second-order valence-electron chi connectivity index (χ2n) is 5.68. The van der Waals surface area contributed by atoms with Gasteiger partial charge >= 0.3 is 0 Å². The molecule has 0 atom stereocenters. The third kappa shape index (κ3) is 3.15. The highest BCUT2D eigenvalue weighted by Gasteiger charge is 2.16. The van der Waals surface area contributed by atoms with Crippen molar-refractivity contribution in [2.24, 2.45) is 0 Å². The van der Waals surface area contributed by atoms with Gasteiger partial charge in [0.2, 0.25) is 0 Å². The Hall–Kier alpha value is -2.51. The molecule has 0 aliphatic heterocycles. The Labute approximate surface area is 163 Å². The van der Waals surface area contributed by atoms with Crippen LogP contribution in [0.1, 0.15) is 5.69 Å². The van der Waals surface area contributed by atoms with Crippen LogP contribution in [0.4, 0.5) is 0 Å². The fraction of sp³-hybridized carbons (Fsp3) is 0.105. The highest BCUT2D eigenvalue weighted by Crippen LogP contribution is 2.31. The van der Waals surface area contributed by atoms with Crippen molar-refractivity contribution in [3.05, 3.63) is 64.1 Å². The molecule has 0 radical (unpaired) electrons. The second-order valence-corrected chi connectivity index (χ2v) is 7.46. The Morgan fingerprint density at radius 3 is 2.69 bits per heavy atom. The van der Waals surface area contributed by atoms with E-state index in [1.54, 1.807) is 23.1 Å². The lowest BCUT2D eigenvalue weighted by Gasteiger charge is -2.05. The molecule has 0 fully saturated rings. The SMILES string of the molecule is COc1cccc(-n2nnc(-c3nc(-c4ccc(Br)cc4)cs3)c2C)c1. The summed E-state index contributed by atoms with van der Waals surface area (Å²) in [6, 6.07) is 15.9. The van der Waals surface area contributed by atoms with Gasteiger partial charge in [0.05, 0.1) is 24.2 Å². The van der Waals surface area contributed by atoms with Gasteiger partial charge in [-0.25, -0.2) is 9.67 Å². The number of aromatic nitrogens is 4. The van der Waals surface area contributed by atoms with Crippen LogP contribution in [-0.2, 0) is 0 Å². The summed E-state index contributed by atoms with van der Waals surface area (Å²) in [4.78, 5) is 4.74. The predicted molar refractivity (Wildman–Crippen MR) is 107 cm³/mol. The first kappa shape index (κ1) is 16.9. The molecule has 0 spiro atoms. The van der Waals surface area contributed by atoms with Crippen LogP contribution in [0.3, 0.4) is 0 Å². The number of hydrogen-bond donors (Lipinski definition) is 0. The molecule has 0 unspecified atom stereocenters. The minimum absolute atomic E-state index is 0.783. The van der Waals surface area contributed by atoms with E-state index in [4.69, 9.17) is 9.72 Å². The third-order valence-corrected chi connectivity index (χ3v) is 5.42. The van der Waals surface area contributed by atoms with E-state index >= 15 is 0 Å². The van der Waals surface area contributed by atoms with Gasteiger partial charge in [0, 0.05) is 21.5 Å². The van der Waals surface area contributed by atoms with Gasteiger partial charge in [0.1, 0.15) is 16.5 Å². The van der Waals surface area contributed by atoms with Crippen molar-refractivity contribution in [1.82, 2.24) is 20.0 Å². The first-order chi connectivity index (χ1) is 12.7. The van der Waals surface area contributed by atoms with Gasteiger partial charge in [-0.1, -0.05) is 39.3 Å². The standard InChI is InChI=1S/C19H15BrN4OS/c1-12-18(22-23-24(12)15-4-3-5-16(10-15)25-2)19-21-17(11-26-19)13-6-8-14(20)9-7-13/h3-11H,1-2H3. The maximum absolute atomic E-state index is 5.29. The lowest BCUT2D eigenvalue weighted by molar-refractivity contribution is 0.414. The van der Waals surface area contributed by atoms with E-state index in [0.29, 0.717) is 0 Å². The van der Waals surface area contributed by atoms with Gasteiger partial charge in [0.15, 0.2) is 0 Å². The van der Waals surface area contributed by atoms with Crippen LogP contribution in [0.5, 0.6) is 5.75 Å².